The molecule has 2 rings (SSSR count). The van der Waals surface area contributed by atoms with Gasteiger partial charge in [-0.15, -0.1) is 0 Å². The normalized spacial score (nSPS) is 17.6. The van der Waals surface area contributed by atoms with E-state index in [2.05, 4.69) is 16.8 Å². The van der Waals surface area contributed by atoms with Gasteiger partial charge in [0.1, 0.15) is 5.82 Å². The molecule has 0 radical (unpaired) electrons. The minimum absolute atomic E-state index is 0.135. The molecule has 5 nitrogen and oxygen atoms in total. The van der Waals surface area contributed by atoms with Gasteiger partial charge in [0, 0.05) is 38.3 Å². The van der Waals surface area contributed by atoms with Gasteiger partial charge in [0.05, 0.1) is 11.0 Å². The Labute approximate surface area is 111 Å². The lowest BCUT2D eigenvalue weighted by atomic mass is 10.1. The van der Waals surface area contributed by atoms with Gasteiger partial charge in [-0.3, -0.25) is 15.0 Å². The number of nitro groups is 1. The number of piperazine rings is 1. The molecule has 0 amide bonds. The third-order valence-corrected chi connectivity index (χ3v) is 3.64. The summed E-state index contributed by atoms with van der Waals surface area (Å²) in [5.74, 6) is -0.540. The third kappa shape index (κ3) is 3.27. The lowest BCUT2D eigenvalue weighted by Gasteiger charge is -2.32. The molecule has 0 bridgehead atoms. The number of halogens is 1. The highest BCUT2D eigenvalue weighted by Crippen LogP contribution is 2.24. The smallest absolute Gasteiger partial charge is 0.275 e. The Morgan fingerprint density at radius 3 is 2.53 bits per heavy atom. The van der Waals surface area contributed by atoms with E-state index in [9.17, 15) is 14.5 Å². The van der Waals surface area contributed by atoms with Crippen molar-refractivity contribution in [3.8, 4) is 0 Å². The van der Waals surface area contributed by atoms with Crippen molar-refractivity contribution in [1.82, 2.24) is 9.80 Å². The minimum Gasteiger partial charge on any atom is -0.304 e. The predicted molar refractivity (Wildman–Crippen MR) is 70.6 cm³/mol. The highest BCUT2D eigenvalue weighted by Gasteiger charge is 2.20. The average molecular weight is 267 g/mol. The van der Waals surface area contributed by atoms with E-state index in [1.165, 1.54) is 6.07 Å². The van der Waals surface area contributed by atoms with E-state index in [-0.39, 0.29) is 5.69 Å². The summed E-state index contributed by atoms with van der Waals surface area (Å²) in [4.78, 5) is 14.8. The second-order valence-corrected chi connectivity index (χ2v) is 5.05. The summed E-state index contributed by atoms with van der Waals surface area (Å²) in [5.41, 5.74) is 1.13. The summed E-state index contributed by atoms with van der Waals surface area (Å²) in [6.07, 6.45) is 0. The van der Waals surface area contributed by atoms with Crippen LogP contribution < -0.4 is 0 Å². The Balaban J connectivity index is 2.18. The summed E-state index contributed by atoms with van der Waals surface area (Å²) < 4.78 is 13.5. The van der Waals surface area contributed by atoms with Crippen molar-refractivity contribution in [2.75, 3.05) is 33.2 Å². The molecule has 0 spiro atoms. The van der Waals surface area contributed by atoms with E-state index in [4.69, 9.17) is 0 Å². The zero-order valence-corrected chi connectivity index (χ0v) is 11.2. The largest absolute Gasteiger partial charge is 0.304 e. The van der Waals surface area contributed by atoms with Gasteiger partial charge in [-0.1, -0.05) is 0 Å². The van der Waals surface area contributed by atoms with Gasteiger partial charge in [-0.2, -0.15) is 0 Å². The summed E-state index contributed by atoms with van der Waals surface area (Å²) >= 11 is 0. The van der Waals surface area contributed by atoms with Crippen molar-refractivity contribution in [3.05, 3.63) is 39.2 Å². The highest BCUT2D eigenvalue weighted by molar-refractivity contribution is 5.45. The van der Waals surface area contributed by atoms with E-state index in [1.807, 2.05) is 0 Å². The lowest BCUT2D eigenvalue weighted by Crippen LogP contribution is -2.44. The van der Waals surface area contributed by atoms with Gasteiger partial charge >= 0.3 is 0 Å². The molecule has 1 aromatic rings. The number of rotatable bonds is 3. The molecule has 1 aliphatic rings. The maximum absolute atomic E-state index is 13.5. The molecule has 1 heterocycles. The van der Waals surface area contributed by atoms with Gasteiger partial charge in [0.15, 0.2) is 0 Å². The van der Waals surface area contributed by atoms with E-state index >= 15 is 0 Å². The molecule has 0 aromatic heterocycles. The number of benzene rings is 1. The number of nitro benzene ring substituents is 1. The Morgan fingerprint density at radius 2 is 1.95 bits per heavy atom. The fourth-order valence-corrected chi connectivity index (χ4v) is 2.32. The first-order chi connectivity index (χ1) is 8.97. The van der Waals surface area contributed by atoms with E-state index in [0.29, 0.717) is 17.7 Å². The van der Waals surface area contributed by atoms with Crippen LogP contribution in [-0.4, -0.2) is 47.9 Å². The fraction of sp³-hybridized carbons (Fsp3) is 0.538. The molecule has 19 heavy (non-hydrogen) atoms. The van der Waals surface area contributed by atoms with Crippen LogP contribution in [0.2, 0.25) is 0 Å². The van der Waals surface area contributed by atoms with E-state index in [1.54, 1.807) is 6.92 Å². The maximum Gasteiger partial charge on any atom is 0.275 e. The Kier molecular flexibility index (Phi) is 4.11. The van der Waals surface area contributed by atoms with Crippen LogP contribution in [0.4, 0.5) is 10.1 Å². The van der Waals surface area contributed by atoms with Gasteiger partial charge < -0.3 is 4.90 Å². The van der Waals surface area contributed by atoms with E-state index in [0.717, 1.165) is 32.2 Å². The number of likely N-dealkylation sites (N-methyl/N-ethyl adjacent to an activating group) is 1. The monoisotopic (exact) mass is 267 g/mol. The SMILES string of the molecule is Cc1c(CN2CCN(C)CC2)cc(F)cc1[N+](=O)[O-]. The second kappa shape index (κ2) is 5.63. The van der Waals surface area contributed by atoms with Gasteiger partial charge in [-0.25, -0.2) is 4.39 Å². The van der Waals surface area contributed by atoms with Crippen LogP contribution in [0.3, 0.4) is 0 Å². The van der Waals surface area contributed by atoms with Crippen molar-refractivity contribution >= 4 is 5.69 Å². The summed E-state index contributed by atoms with van der Waals surface area (Å²) in [7, 11) is 2.07. The predicted octanol–water partition coefficient (Wildman–Crippen LogP) is 1.79. The zero-order valence-electron chi connectivity index (χ0n) is 11.2. The summed E-state index contributed by atoms with van der Waals surface area (Å²) in [6.45, 7) is 5.99. The van der Waals surface area contributed by atoms with Crippen LogP contribution in [0.5, 0.6) is 0 Å². The molecule has 104 valence electrons. The highest BCUT2D eigenvalue weighted by atomic mass is 19.1. The first-order valence-corrected chi connectivity index (χ1v) is 6.31. The van der Waals surface area contributed by atoms with Crippen molar-refractivity contribution in [1.29, 1.82) is 0 Å². The maximum atomic E-state index is 13.5. The zero-order chi connectivity index (χ0) is 14.0. The van der Waals surface area contributed by atoms with Crippen molar-refractivity contribution < 1.29 is 9.31 Å². The molecule has 0 N–H and O–H groups in total. The topological polar surface area (TPSA) is 49.6 Å². The minimum atomic E-state index is -0.540. The molecular weight excluding hydrogens is 249 g/mol. The number of hydrogen-bond acceptors (Lipinski definition) is 4. The number of hydrogen-bond donors (Lipinski definition) is 0. The van der Waals surface area contributed by atoms with Gasteiger partial charge in [0.25, 0.3) is 5.69 Å². The van der Waals surface area contributed by atoms with E-state index < -0.39 is 10.7 Å². The third-order valence-electron chi connectivity index (χ3n) is 3.64. The van der Waals surface area contributed by atoms with Crippen LogP contribution in [0, 0.1) is 22.9 Å². The molecule has 0 aliphatic carbocycles. The molecule has 0 unspecified atom stereocenters. The molecule has 1 fully saturated rings. The van der Waals surface area contributed by atoms with Crippen LogP contribution in [0.1, 0.15) is 11.1 Å². The summed E-state index contributed by atoms with van der Waals surface area (Å²) in [6, 6.07) is 2.39. The van der Waals surface area contributed by atoms with Gasteiger partial charge in [0.2, 0.25) is 0 Å². The van der Waals surface area contributed by atoms with Gasteiger partial charge in [-0.05, 0) is 25.6 Å². The van der Waals surface area contributed by atoms with Crippen molar-refractivity contribution in [2.45, 2.75) is 13.5 Å². The molecule has 0 saturated carbocycles. The van der Waals surface area contributed by atoms with Crippen LogP contribution >= 0.6 is 0 Å². The Hall–Kier alpha value is -1.53. The molecule has 6 heteroatoms. The second-order valence-electron chi connectivity index (χ2n) is 5.05. The quantitative estimate of drug-likeness (QED) is 0.619. The average Bonchev–Trinajstić information content (AvgIpc) is 2.35. The van der Waals surface area contributed by atoms with Crippen molar-refractivity contribution in [2.24, 2.45) is 0 Å². The first kappa shape index (κ1) is 13.9. The first-order valence-electron chi connectivity index (χ1n) is 6.31. The van der Waals surface area contributed by atoms with Crippen LogP contribution in [-0.2, 0) is 6.54 Å². The molecular formula is C13H18FN3O2. The molecule has 1 saturated heterocycles. The van der Waals surface area contributed by atoms with Crippen molar-refractivity contribution in [3.63, 3.8) is 0 Å². The fourth-order valence-electron chi connectivity index (χ4n) is 2.32. The number of nitrogens with zero attached hydrogens (tertiary/aromatic N) is 3. The Morgan fingerprint density at radius 1 is 1.32 bits per heavy atom. The lowest BCUT2D eigenvalue weighted by molar-refractivity contribution is -0.385. The van der Waals surface area contributed by atoms with Crippen LogP contribution in [0.25, 0.3) is 0 Å². The summed E-state index contributed by atoms with van der Waals surface area (Å²) in [5, 5.41) is 10.9. The Bertz CT molecular complexity index is 485. The standard InChI is InChI=1S/C13H18FN3O2/c1-10-11(7-12(14)8-13(10)17(18)19)9-16-5-3-15(2)4-6-16/h7-8H,3-6,9H2,1-2H3. The molecule has 1 aromatic carbocycles. The molecule has 1 aliphatic heterocycles. The molecule has 0 atom stereocenters. The van der Waals surface area contributed by atoms with Crippen LogP contribution in [0.15, 0.2) is 12.1 Å².